The lowest BCUT2D eigenvalue weighted by molar-refractivity contribution is 0.176. The zero-order valence-corrected chi connectivity index (χ0v) is 9.75. The Morgan fingerprint density at radius 1 is 1.50 bits per heavy atom. The lowest BCUT2D eigenvalue weighted by Gasteiger charge is -2.13. The quantitative estimate of drug-likeness (QED) is 0.886. The van der Waals surface area contributed by atoms with Gasteiger partial charge in [0.15, 0.2) is 0 Å². The van der Waals surface area contributed by atoms with Crippen LogP contribution >= 0.6 is 12.4 Å². The van der Waals surface area contributed by atoms with E-state index in [0.29, 0.717) is 13.2 Å². The van der Waals surface area contributed by atoms with E-state index in [-0.39, 0.29) is 24.5 Å². The maximum Gasteiger partial charge on any atom is 0.407 e. The van der Waals surface area contributed by atoms with Gasteiger partial charge < -0.3 is 14.8 Å². The highest BCUT2D eigenvalue weighted by Gasteiger charge is 2.25. The first kappa shape index (κ1) is 12.6. The summed E-state index contributed by atoms with van der Waals surface area (Å²) in [6.07, 6.45) is -0.369. The fourth-order valence-electron chi connectivity index (χ4n) is 1.61. The molecule has 0 saturated carbocycles. The van der Waals surface area contributed by atoms with Gasteiger partial charge >= 0.3 is 6.09 Å². The van der Waals surface area contributed by atoms with Crippen molar-refractivity contribution in [2.75, 3.05) is 13.2 Å². The fourth-order valence-corrected chi connectivity index (χ4v) is 1.61. The number of hydrogen-bond donors (Lipinski definition) is 1. The van der Waals surface area contributed by atoms with Crippen molar-refractivity contribution in [2.24, 2.45) is 0 Å². The summed E-state index contributed by atoms with van der Waals surface area (Å²) in [6, 6.07) is 7.56. The summed E-state index contributed by atoms with van der Waals surface area (Å²) in [5.41, 5.74) is 0.963. The largest absolute Gasteiger partial charge is 0.494 e. The molecule has 0 unspecified atom stereocenters. The zero-order chi connectivity index (χ0) is 10.7. The molecule has 1 aromatic carbocycles. The highest BCUT2D eigenvalue weighted by atomic mass is 35.5. The highest BCUT2D eigenvalue weighted by Crippen LogP contribution is 2.27. The molecule has 1 aliphatic rings. The summed E-state index contributed by atoms with van der Waals surface area (Å²) in [5.74, 6) is 0.802. The van der Waals surface area contributed by atoms with E-state index in [2.05, 4.69) is 5.32 Å². The Bertz CT molecular complexity index is 370. The minimum Gasteiger partial charge on any atom is -0.494 e. The van der Waals surface area contributed by atoms with E-state index in [1.165, 1.54) is 0 Å². The summed E-state index contributed by atoms with van der Waals surface area (Å²) in [6.45, 7) is 2.90. The molecule has 1 amide bonds. The standard InChI is InChI=1S/C11H13NO3.ClH/c1-2-14-10-6-4-3-5-8(10)9-7-15-11(13)12-9;/h3-6,9H,2,7H2,1H3,(H,12,13);1H/t9-;/m1./s1. The van der Waals surface area contributed by atoms with E-state index in [4.69, 9.17) is 9.47 Å². The first-order valence-corrected chi connectivity index (χ1v) is 4.96. The van der Waals surface area contributed by atoms with Crippen LogP contribution in [0.1, 0.15) is 18.5 Å². The van der Waals surface area contributed by atoms with Crippen molar-refractivity contribution in [3.8, 4) is 5.75 Å². The van der Waals surface area contributed by atoms with Gasteiger partial charge in [0.05, 0.1) is 12.6 Å². The number of carbonyl (C=O) groups is 1. The number of hydrogen-bond acceptors (Lipinski definition) is 3. The number of ether oxygens (including phenoxy) is 2. The summed E-state index contributed by atoms with van der Waals surface area (Å²) < 4.78 is 10.3. The maximum absolute atomic E-state index is 10.9. The van der Waals surface area contributed by atoms with Crippen molar-refractivity contribution in [2.45, 2.75) is 13.0 Å². The van der Waals surface area contributed by atoms with E-state index >= 15 is 0 Å². The molecule has 2 rings (SSSR count). The third kappa shape index (κ3) is 2.58. The molecule has 1 N–H and O–H groups in total. The van der Waals surface area contributed by atoms with E-state index < -0.39 is 0 Å². The van der Waals surface area contributed by atoms with Crippen LogP contribution in [0.3, 0.4) is 0 Å². The van der Waals surface area contributed by atoms with Crippen molar-refractivity contribution >= 4 is 18.5 Å². The number of alkyl carbamates (subject to hydrolysis) is 1. The van der Waals surface area contributed by atoms with Gasteiger partial charge in [-0.2, -0.15) is 0 Å². The average molecular weight is 244 g/mol. The van der Waals surface area contributed by atoms with Crippen LogP contribution in [-0.2, 0) is 4.74 Å². The van der Waals surface area contributed by atoms with Gasteiger partial charge in [-0.05, 0) is 13.0 Å². The number of nitrogens with one attached hydrogen (secondary N) is 1. The lowest BCUT2D eigenvalue weighted by Crippen LogP contribution is -2.19. The Morgan fingerprint density at radius 2 is 2.25 bits per heavy atom. The van der Waals surface area contributed by atoms with E-state index in [0.717, 1.165) is 11.3 Å². The van der Waals surface area contributed by atoms with Gasteiger partial charge in [-0.25, -0.2) is 4.79 Å². The molecule has 1 atom stereocenters. The molecule has 1 fully saturated rings. The van der Waals surface area contributed by atoms with Gasteiger partial charge in [-0.1, -0.05) is 18.2 Å². The first-order chi connectivity index (χ1) is 7.31. The third-order valence-corrected chi connectivity index (χ3v) is 2.27. The third-order valence-electron chi connectivity index (χ3n) is 2.27. The molecule has 0 aliphatic carbocycles. The van der Waals surface area contributed by atoms with Gasteiger partial charge in [0.2, 0.25) is 0 Å². The highest BCUT2D eigenvalue weighted by molar-refractivity contribution is 5.85. The second-order valence-electron chi connectivity index (χ2n) is 3.27. The molecule has 0 bridgehead atoms. The van der Waals surface area contributed by atoms with Crippen molar-refractivity contribution in [1.29, 1.82) is 0 Å². The molecule has 1 heterocycles. The average Bonchev–Trinajstić information content (AvgIpc) is 2.66. The maximum atomic E-state index is 10.9. The number of benzene rings is 1. The molecular weight excluding hydrogens is 230 g/mol. The summed E-state index contributed by atoms with van der Waals surface area (Å²) in [4.78, 5) is 10.9. The van der Waals surface area contributed by atoms with Gasteiger partial charge in [0.1, 0.15) is 12.4 Å². The number of halogens is 1. The molecule has 1 aliphatic heterocycles. The fraction of sp³-hybridized carbons (Fsp3) is 0.364. The van der Waals surface area contributed by atoms with E-state index in [9.17, 15) is 4.79 Å². The number of carbonyl (C=O) groups excluding carboxylic acids is 1. The molecule has 88 valence electrons. The summed E-state index contributed by atoms with van der Waals surface area (Å²) >= 11 is 0. The predicted molar refractivity (Wildman–Crippen MR) is 62.1 cm³/mol. The van der Waals surface area contributed by atoms with Crippen LogP contribution in [0.2, 0.25) is 0 Å². The number of para-hydroxylation sites is 1. The molecule has 0 spiro atoms. The van der Waals surface area contributed by atoms with Gasteiger partial charge in [0.25, 0.3) is 0 Å². The Hall–Kier alpha value is -1.42. The normalized spacial score (nSPS) is 18.3. The number of cyclic esters (lactones) is 1. The molecule has 0 aromatic heterocycles. The van der Waals surface area contributed by atoms with Gasteiger partial charge in [-0.15, -0.1) is 12.4 Å². The van der Waals surface area contributed by atoms with Crippen LogP contribution in [-0.4, -0.2) is 19.3 Å². The van der Waals surface area contributed by atoms with Crippen molar-refractivity contribution in [3.63, 3.8) is 0 Å². The molecule has 4 nitrogen and oxygen atoms in total. The van der Waals surface area contributed by atoms with Crippen LogP contribution in [0.4, 0.5) is 4.79 Å². The minimum absolute atomic E-state index is 0. The van der Waals surface area contributed by atoms with E-state index in [1.807, 2.05) is 31.2 Å². The van der Waals surface area contributed by atoms with Crippen molar-refractivity contribution < 1.29 is 14.3 Å². The van der Waals surface area contributed by atoms with Crippen molar-refractivity contribution in [3.05, 3.63) is 29.8 Å². The molecule has 1 saturated heterocycles. The zero-order valence-electron chi connectivity index (χ0n) is 8.93. The molecule has 0 radical (unpaired) electrons. The number of rotatable bonds is 3. The van der Waals surface area contributed by atoms with Crippen LogP contribution in [0.15, 0.2) is 24.3 Å². The van der Waals surface area contributed by atoms with Crippen LogP contribution in [0.25, 0.3) is 0 Å². The Balaban J connectivity index is 0.00000128. The smallest absolute Gasteiger partial charge is 0.407 e. The Kier molecular flexibility index (Phi) is 4.43. The topological polar surface area (TPSA) is 47.6 Å². The SMILES string of the molecule is CCOc1ccccc1[C@H]1COC(=O)N1.Cl. The van der Waals surface area contributed by atoms with Crippen LogP contribution in [0.5, 0.6) is 5.75 Å². The lowest BCUT2D eigenvalue weighted by atomic mass is 10.1. The second kappa shape index (κ2) is 5.61. The molecular formula is C11H14ClNO3. The number of amides is 1. The predicted octanol–water partition coefficient (Wildman–Crippen LogP) is 2.29. The van der Waals surface area contributed by atoms with E-state index in [1.54, 1.807) is 0 Å². The van der Waals surface area contributed by atoms with Crippen molar-refractivity contribution in [1.82, 2.24) is 5.32 Å². The molecule has 1 aromatic rings. The first-order valence-electron chi connectivity index (χ1n) is 4.96. The van der Waals surface area contributed by atoms with Crippen LogP contribution < -0.4 is 10.1 Å². The van der Waals surface area contributed by atoms with Gasteiger partial charge in [0, 0.05) is 5.56 Å². The van der Waals surface area contributed by atoms with Crippen LogP contribution in [0, 0.1) is 0 Å². The minimum atomic E-state index is -0.369. The Labute approximate surface area is 100 Å². The summed E-state index contributed by atoms with van der Waals surface area (Å²) in [7, 11) is 0. The van der Waals surface area contributed by atoms with Gasteiger partial charge in [-0.3, -0.25) is 0 Å². The molecule has 5 heteroatoms. The monoisotopic (exact) mass is 243 g/mol. The molecule has 16 heavy (non-hydrogen) atoms. The summed E-state index contributed by atoms with van der Waals surface area (Å²) in [5, 5.41) is 2.73. The Morgan fingerprint density at radius 3 is 2.88 bits per heavy atom. The second-order valence-corrected chi connectivity index (χ2v) is 3.27.